The van der Waals surface area contributed by atoms with E-state index < -0.39 is 22.5 Å². The van der Waals surface area contributed by atoms with Gasteiger partial charge in [0.05, 0.1) is 0 Å². The average molecular weight is 200 g/mol. The zero-order chi connectivity index (χ0) is 9.02. The molecule has 6 heteroatoms. The van der Waals surface area contributed by atoms with Gasteiger partial charge in [-0.3, -0.25) is 4.21 Å². The molecule has 0 saturated carbocycles. The van der Waals surface area contributed by atoms with E-state index in [0.29, 0.717) is 0 Å². The summed E-state index contributed by atoms with van der Waals surface area (Å²) in [5.74, 6) is -0.693. The van der Waals surface area contributed by atoms with Crippen molar-refractivity contribution in [1.29, 1.82) is 0 Å². The van der Waals surface area contributed by atoms with Gasteiger partial charge in [0.25, 0.3) is 0 Å². The third-order valence-electron chi connectivity index (χ3n) is 0.892. The number of hydrogen-bond acceptors (Lipinski definition) is 4. The Kier molecular flexibility index (Phi) is 8.39. The third-order valence-corrected chi connectivity index (χ3v) is 1.53. The molecule has 4 nitrogen and oxygen atoms in total. The van der Waals surface area contributed by atoms with Crippen LogP contribution in [-0.2, 0) is 20.6 Å². The number of carbonyl (C=O) groups is 1. The molecular weight excluding hydrogens is 191 g/mol. The first-order valence-corrected chi connectivity index (χ1v) is 4.03. The molecule has 0 heterocycles. The smallest absolute Gasteiger partial charge is 0.770 e. The van der Waals surface area contributed by atoms with Crippen molar-refractivity contribution in [2.45, 2.75) is 19.3 Å². The second kappa shape index (κ2) is 6.80. The van der Waals surface area contributed by atoms with Crippen molar-refractivity contribution in [2.24, 2.45) is 0 Å². The van der Waals surface area contributed by atoms with E-state index in [1.807, 2.05) is 0 Å². The molecule has 0 aromatic carbocycles. The normalized spacial score (nSPS) is 13.9. The first kappa shape index (κ1) is 14.8. The van der Waals surface area contributed by atoms with E-state index in [1.165, 1.54) is 13.8 Å². The zero-order valence-corrected chi connectivity index (χ0v) is 10.1. The topological polar surface area (TPSA) is 66.4 Å². The first-order chi connectivity index (χ1) is 4.95. The van der Waals surface area contributed by atoms with Crippen molar-refractivity contribution in [3.63, 3.8) is 0 Å². The van der Waals surface area contributed by atoms with Crippen molar-refractivity contribution < 1.29 is 47.9 Å². The molecule has 0 rings (SSSR count). The summed E-state index contributed by atoms with van der Waals surface area (Å²) in [6.07, 6.45) is 0. The van der Waals surface area contributed by atoms with Crippen LogP contribution in [0, 0.1) is 0 Å². The molecule has 0 saturated heterocycles. The minimum atomic E-state index is -2.38. The average Bonchev–Trinajstić information content (AvgIpc) is 1.87. The number of rotatable bonds is 3. The minimum absolute atomic E-state index is 0. The fourth-order valence-corrected chi connectivity index (χ4v) is 0.457. The van der Waals surface area contributed by atoms with Crippen molar-refractivity contribution in [1.82, 2.24) is 0 Å². The summed E-state index contributed by atoms with van der Waals surface area (Å²) < 4.78 is 24.7. The first-order valence-electron chi connectivity index (χ1n) is 2.89. The van der Waals surface area contributed by atoms with E-state index >= 15 is 0 Å². The van der Waals surface area contributed by atoms with Crippen LogP contribution in [0.4, 0.5) is 0 Å². The van der Waals surface area contributed by atoms with Gasteiger partial charge in [-0.25, -0.2) is 4.79 Å². The van der Waals surface area contributed by atoms with E-state index in [-0.39, 0.29) is 35.1 Å². The fraction of sp³-hybridized carbons (Fsp3) is 0.500. The maximum Gasteiger partial charge on any atom is 1.00 e. The molecule has 12 heavy (non-hydrogen) atoms. The number of carbonyl (C=O) groups excluding carboxylic acids is 1. The summed E-state index contributed by atoms with van der Waals surface area (Å²) >= 11 is -2.38. The Balaban J connectivity index is 0. The quantitative estimate of drug-likeness (QED) is 0.216. The van der Waals surface area contributed by atoms with Crippen LogP contribution in [0.15, 0.2) is 12.2 Å². The van der Waals surface area contributed by atoms with E-state index in [0.717, 1.165) is 0 Å². The molecule has 0 fully saturated rings. The molecule has 2 atom stereocenters. The molecule has 0 aliphatic rings. The van der Waals surface area contributed by atoms with Crippen LogP contribution < -0.4 is 29.6 Å². The summed E-state index contributed by atoms with van der Waals surface area (Å²) in [5.41, 5.74) is -0.929. The summed E-state index contributed by atoms with van der Waals surface area (Å²) in [5, 5.41) is 0. The van der Waals surface area contributed by atoms with Gasteiger partial charge in [-0.05, 0) is 24.9 Å². The summed E-state index contributed by atoms with van der Waals surface area (Å²) in [4.78, 5) is 10.7. The zero-order valence-electron chi connectivity index (χ0n) is 7.33. The van der Waals surface area contributed by atoms with Crippen LogP contribution in [0.2, 0.25) is 0 Å². The summed E-state index contributed by atoms with van der Waals surface area (Å²) in [7, 11) is 0. The van der Waals surface area contributed by atoms with Gasteiger partial charge in [0, 0.05) is 5.57 Å². The Bertz CT molecular complexity index is 204. The molecule has 2 unspecified atom stereocenters. The molecule has 0 aliphatic carbocycles. The van der Waals surface area contributed by atoms with Gasteiger partial charge in [-0.15, -0.1) is 0 Å². The van der Waals surface area contributed by atoms with Crippen LogP contribution in [0.3, 0.4) is 0 Å². The van der Waals surface area contributed by atoms with Gasteiger partial charge in [0.1, 0.15) is 0 Å². The van der Waals surface area contributed by atoms with Gasteiger partial charge in [-0.2, -0.15) is 0 Å². The molecule has 0 bridgehead atoms. The Hall–Kier alpha value is 0.320. The van der Waals surface area contributed by atoms with Gasteiger partial charge >= 0.3 is 35.5 Å². The molecule has 64 valence electrons. The number of esters is 1. The van der Waals surface area contributed by atoms with Crippen LogP contribution >= 0.6 is 0 Å². The standard InChI is InChI=1S/C6H10O4S.Na/c1-4(2)6(7)10-5(3)11(8)9;/h5H,1H2,2-3H3,(H,8,9);/q;+1/p-1. The molecule has 0 amide bonds. The monoisotopic (exact) mass is 200 g/mol. The second-order valence-corrected chi connectivity index (χ2v) is 3.20. The number of ether oxygens (including phenoxy) is 1. The number of hydrogen-bond donors (Lipinski definition) is 0. The van der Waals surface area contributed by atoms with E-state index in [2.05, 4.69) is 11.3 Å². The van der Waals surface area contributed by atoms with Crippen molar-refractivity contribution >= 4 is 17.0 Å². The SMILES string of the molecule is C=C(C)C(=O)OC(C)S(=O)[O-].[Na+]. The summed E-state index contributed by atoms with van der Waals surface area (Å²) in [6, 6.07) is 0. The van der Waals surface area contributed by atoms with Crippen LogP contribution in [-0.4, -0.2) is 20.2 Å². The Labute approximate surface area is 95.9 Å². The molecule has 0 aliphatic heterocycles. The maximum absolute atomic E-state index is 10.7. The van der Waals surface area contributed by atoms with Crippen LogP contribution in [0.1, 0.15) is 13.8 Å². The Morgan fingerprint density at radius 2 is 2.08 bits per heavy atom. The summed E-state index contributed by atoms with van der Waals surface area (Å²) in [6.45, 7) is 6.01. The van der Waals surface area contributed by atoms with Gasteiger partial charge in [0.15, 0.2) is 5.44 Å². The van der Waals surface area contributed by atoms with Gasteiger partial charge < -0.3 is 9.29 Å². The second-order valence-electron chi connectivity index (χ2n) is 2.01. The molecule has 0 spiro atoms. The van der Waals surface area contributed by atoms with Crippen molar-refractivity contribution in [3.8, 4) is 0 Å². The van der Waals surface area contributed by atoms with Gasteiger partial charge in [-0.1, -0.05) is 6.58 Å². The Morgan fingerprint density at radius 3 is 2.33 bits per heavy atom. The minimum Gasteiger partial charge on any atom is -0.770 e. The fourth-order valence-electron chi connectivity index (χ4n) is 0.291. The molecular formula is C6H9NaO4S. The predicted molar refractivity (Wildman–Crippen MR) is 39.3 cm³/mol. The van der Waals surface area contributed by atoms with Crippen LogP contribution in [0.5, 0.6) is 0 Å². The van der Waals surface area contributed by atoms with Gasteiger partial charge in [0.2, 0.25) is 0 Å². The Morgan fingerprint density at radius 1 is 1.67 bits per heavy atom. The van der Waals surface area contributed by atoms with E-state index in [1.54, 1.807) is 0 Å². The van der Waals surface area contributed by atoms with E-state index in [9.17, 15) is 13.6 Å². The molecule has 0 radical (unpaired) electrons. The molecule has 0 aromatic heterocycles. The van der Waals surface area contributed by atoms with Crippen molar-refractivity contribution in [3.05, 3.63) is 12.2 Å². The van der Waals surface area contributed by atoms with Crippen LogP contribution in [0.25, 0.3) is 0 Å². The van der Waals surface area contributed by atoms with Crippen molar-refractivity contribution in [2.75, 3.05) is 0 Å². The molecule has 0 N–H and O–H groups in total. The third kappa shape index (κ3) is 5.91. The molecule has 0 aromatic rings. The predicted octanol–water partition coefficient (Wildman–Crippen LogP) is -2.67. The largest absolute Gasteiger partial charge is 1.00 e. The maximum atomic E-state index is 10.7. The van der Waals surface area contributed by atoms with E-state index in [4.69, 9.17) is 0 Å².